The minimum Gasteiger partial charge on any atom is -0.369 e. The Morgan fingerprint density at radius 3 is 2.83 bits per heavy atom. The number of hydrogen-bond acceptors (Lipinski definition) is 4. The molecule has 0 aromatic carbocycles. The van der Waals surface area contributed by atoms with E-state index in [1.54, 1.807) is 11.3 Å². The molecule has 2 rings (SSSR count). The van der Waals surface area contributed by atoms with E-state index in [2.05, 4.69) is 41.7 Å². The Balaban J connectivity index is 2.40. The van der Waals surface area contributed by atoms with Crippen LogP contribution >= 0.6 is 11.3 Å². The number of rotatable bonds is 4. The molecule has 0 bridgehead atoms. The van der Waals surface area contributed by atoms with Crippen molar-refractivity contribution < 1.29 is 0 Å². The van der Waals surface area contributed by atoms with E-state index in [0.717, 1.165) is 18.7 Å². The van der Waals surface area contributed by atoms with Crippen LogP contribution in [0, 0.1) is 18.3 Å². The van der Waals surface area contributed by atoms with E-state index < -0.39 is 0 Å². The van der Waals surface area contributed by atoms with Gasteiger partial charge < -0.3 is 5.32 Å². The van der Waals surface area contributed by atoms with Crippen LogP contribution in [0.4, 0.5) is 5.82 Å². The highest BCUT2D eigenvalue weighted by Crippen LogP contribution is 2.29. The van der Waals surface area contributed by atoms with E-state index in [1.807, 2.05) is 12.1 Å². The first-order valence-corrected chi connectivity index (χ1v) is 6.83. The van der Waals surface area contributed by atoms with E-state index in [1.165, 1.54) is 10.4 Å². The zero-order valence-corrected chi connectivity index (χ0v) is 11.3. The molecule has 2 aromatic rings. The van der Waals surface area contributed by atoms with Crippen molar-refractivity contribution >= 4 is 17.2 Å². The third-order valence-corrected chi connectivity index (χ3v) is 3.69. The molecule has 0 atom stereocenters. The van der Waals surface area contributed by atoms with Gasteiger partial charge in [-0.2, -0.15) is 5.26 Å². The van der Waals surface area contributed by atoms with Gasteiger partial charge in [0.1, 0.15) is 11.9 Å². The maximum absolute atomic E-state index is 9.07. The third-order valence-electron chi connectivity index (χ3n) is 2.65. The average molecular weight is 257 g/mol. The number of pyridine rings is 1. The normalized spacial score (nSPS) is 10.1. The van der Waals surface area contributed by atoms with Crippen LogP contribution < -0.4 is 5.32 Å². The fraction of sp³-hybridized carbons (Fsp3) is 0.286. The first-order valence-electron chi connectivity index (χ1n) is 5.95. The quantitative estimate of drug-likeness (QED) is 0.906. The van der Waals surface area contributed by atoms with Crippen LogP contribution in [0.25, 0.3) is 10.6 Å². The third kappa shape index (κ3) is 2.52. The van der Waals surface area contributed by atoms with E-state index in [9.17, 15) is 0 Å². The minimum atomic E-state index is 0.599. The molecule has 0 saturated heterocycles. The molecule has 4 heteroatoms. The lowest BCUT2D eigenvalue weighted by atomic mass is 10.2. The van der Waals surface area contributed by atoms with Gasteiger partial charge in [-0.15, -0.1) is 11.3 Å². The zero-order valence-electron chi connectivity index (χ0n) is 10.5. The molecule has 2 aromatic heterocycles. The summed E-state index contributed by atoms with van der Waals surface area (Å²) >= 11 is 1.68. The molecule has 92 valence electrons. The summed E-state index contributed by atoms with van der Waals surface area (Å²) in [4.78, 5) is 5.73. The van der Waals surface area contributed by atoms with Crippen molar-refractivity contribution in [1.29, 1.82) is 5.26 Å². The van der Waals surface area contributed by atoms with Crippen LogP contribution in [-0.4, -0.2) is 11.5 Å². The van der Waals surface area contributed by atoms with Crippen molar-refractivity contribution in [3.05, 3.63) is 34.7 Å². The van der Waals surface area contributed by atoms with Gasteiger partial charge in [-0.05, 0) is 42.5 Å². The Bertz CT molecular complexity index is 581. The highest BCUT2D eigenvalue weighted by molar-refractivity contribution is 7.13. The molecule has 0 radical (unpaired) electrons. The second-order valence-electron chi connectivity index (χ2n) is 4.06. The molecule has 1 N–H and O–H groups in total. The topological polar surface area (TPSA) is 48.7 Å². The number of thiophene rings is 1. The summed E-state index contributed by atoms with van der Waals surface area (Å²) in [7, 11) is 0. The second-order valence-corrected chi connectivity index (χ2v) is 4.98. The molecule has 0 amide bonds. The summed E-state index contributed by atoms with van der Waals surface area (Å²) in [5.74, 6) is 0.685. The van der Waals surface area contributed by atoms with E-state index in [4.69, 9.17) is 5.26 Å². The van der Waals surface area contributed by atoms with Crippen LogP contribution in [0.2, 0.25) is 0 Å². The van der Waals surface area contributed by atoms with E-state index in [-0.39, 0.29) is 0 Å². The van der Waals surface area contributed by atoms with Crippen LogP contribution in [-0.2, 0) is 0 Å². The summed E-state index contributed by atoms with van der Waals surface area (Å²) in [6.45, 7) is 4.99. The van der Waals surface area contributed by atoms with Crippen molar-refractivity contribution in [2.24, 2.45) is 0 Å². The van der Waals surface area contributed by atoms with Gasteiger partial charge in [0.25, 0.3) is 0 Å². The molecule has 0 unspecified atom stereocenters. The van der Waals surface area contributed by atoms with Crippen molar-refractivity contribution in [2.75, 3.05) is 11.9 Å². The van der Waals surface area contributed by atoms with E-state index in [0.29, 0.717) is 11.4 Å². The van der Waals surface area contributed by atoms with Gasteiger partial charge >= 0.3 is 0 Å². The van der Waals surface area contributed by atoms with Gasteiger partial charge in [0.2, 0.25) is 0 Å². The fourth-order valence-electron chi connectivity index (χ4n) is 1.69. The summed E-state index contributed by atoms with van der Waals surface area (Å²) in [5, 5.41) is 14.3. The molecule has 0 aliphatic rings. The number of anilines is 1. The Morgan fingerprint density at radius 2 is 2.22 bits per heavy atom. The summed E-state index contributed by atoms with van der Waals surface area (Å²) in [6, 6.07) is 8.00. The molecule has 0 fully saturated rings. The van der Waals surface area contributed by atoms with Gasteiger partial charge in [0.15, 0.2) is 0 Å². The van der Waals surface area contributed by atoms with Gasteiger partial charge in [-0.1, -0.05) is 6.92 Å². The molecular formula is C14H15N3S. The number of hydrogen-bond donors (Lipinski definition) is 1. The Labute approximate surface area is 111 Å². The lowest BCUT2D eigenvalue weighted by molar-refractivity contribution is 0.968. The van der Waals surface area contributed by atoms with E-state index >= 15 is 0 Å². The van der Waals surface area contributed by atoms with Crippen LogP contribution in [0.15, 0.2) is 23.6 Å². The monoisotopic (exact) mass is 257 g/mol. The van der Waals surface area contributed by atoms with Crippen molar-refractivity contribution in [1.82, 2.24) is 4.98 Å². The van der Waals surface area contributed by atoms with Crippen molar-refractivity contribution in [3.63, 3.8) is 0 Å². The predicted octanol–water partition coefficient (Wildman–Crippen LogP) is 3.81. The molecule has 0 saturated carbocycles. The number of aryl methyl sites for hydroxylation is 1. The lowest BCUT2D eigenvalue weighted by Gasteiger charge is -2.08. The molecule has 2 heterocycles. The van der Waals surface area contributed by atoms with Crippen molar-refractivity contribution in [3.8, 4) is 16.6 Å². The summed E-state index contributed by atoms with van der Waals surface area (Å²) < 4.78 is 0. The van der Waals surface area contributed by atoms with Gasteiger partial charge in [0, 0.05) is 6.54 Å². The highest BCUT2D eigenvalue weighted by Gasteiger charge is 2.09. The van der Waals surface area contributed by atoms with Gasteiger partial charge in [-0.3, -0.25) is 0 Å². The largest absolute Gasteiger partial charge is 0.369 e. The summed E-state index contributed by atoms with van der Waals surface area (Å²) in [5.41, 5.74) is 2.75. The maximum Gasteiger partial charge on any atom is 0.144 e. The molecule has 0 aliphatic heterocycles. The lowest BCUT2D eigenvalue weighted by Crippen LogP contribution is -2.04. The van der Waals surface area contributed by atoms with Gasteiger partial charge in [-0.25, -0.2) is 4.98 Å². The predicted molar refractivity (Wildman–Crippen MR) is 75.8 cm³/mol. The first-order chi connectivity index (χ1) is 8.76. The molecular weight excluding hydrogens is 242 g/mol. The fourth-order valence-corrected chi connectivity index (χ4v) is 2.59. The SMILES string of the molecule is CCCNc1nc(-c2sccc2C)ccc1C#N. The van der Waals surface area contributed by atoms with Crippen LogP contribution in [0.3, 0.4) is 0 Å². The van der Waals surface area contributed by atoms with Crippen LogP contribution in [0.5, 0.6) is 0 Å². The Morgan fingerprint density at radius 1 is 1.39 bits per heavy atom. The molecule has 0 aliphatic carbocycles. The molecule has 0 spiro atoms. The second kappa shape index (κ2) is 5.65. The number of aromatic nitrogens is 1. The minimum absolute atomic E-state index is 0.599. The summed E-state index contributed by atoms with van der Waals surface area (Å²) in [6.07, 6.45) is 1.01. The zero-order chi connectivity index (χ0) is 13.0. The Kier molecular flexibility index (Phi) is 3.96. The molecule has 3 nitrogen and oxygen atoms in total. The number of nitriles is 1. The standard InChI is InChI=1S/C14H15N3S/c1-3-7-16-14-11(9-15)4-5-12(17-14)13-10(2)6-8-18-13/h4-6,8H,3,7H2,1-2H3,(H,16,17). The number of nitrogens with one attached hydrogen (secondary N) is 1. The Hall–Kier alpha value is -1.86. The highest BCUT2D eigenvalue weighted by atomic mass is 32.1. The van der Waals surface area contributed by atoms with Gasteiger partial charge in [0.05, 0.1) is 16.1 Å². The molecule has 18 heavy (non-hydrogen) atoms. The van der Waals surface area contributed by atoms with Crippen LogP contribution in [0.1, 0.15) is 24.5 Å². The smallest absolute Gasteiger partial charge is 0.144 e. The average Bonchev–Trinajstić information content (AvgIpc) is 2.82. The number of nitrogens with zero attached hydrogens (tertiary/aromatic N) is 2. The maximum atomic E-state index is 9.07. The first kappa shape index (κ1) is 12.6. The van der Waals surface area contributed by atoms with Crippen molar-refractivity contribution in [2.45, 2.75) is 20.3 Å².